The van der Waals surface area contributed by atoms with Crippen LogP contribution in [0.25, 0.3) is 0 Å². The monoisotopic (exact) mass is 202 g/mol. The van der Waals surface area contributed by atoms with E-state index in [2.05, 4.69) is 0 Å². The summed E-state index contributed by atoms with van der Waals surface area (Å²) in [6.45, 7) is 0. The van der Waals surface area contributed by atoms with Crippen LogP contribution < -0.4 is 15.4 Å². The lowest BCUT2D eigenvalue weighted by atomic mass is 10.3. The molecule has 0 saturated carbocycles. The molecule has 0 atom stereocenters. The molecule has 0 heterocycles. The molecule has 0 aliphatic rings. The zero-order valence-electron chi connectivity index (χ0n) is 7.02. The van der Waals surface area contributed by atoms with E-state index in [0.717, 1.165) is 0 Å². The van der Waals surface area contributed by atoms with E-state index in [1.54, 1.807) is 17.0 Å². The van der Waals surface area contributed by atoms with Gasteiger partial charge in [-0.3, -0.25) is 5.84 Å². The minimum atomic E-state index is -3.55. The minimum Gasteiger partial charge on any atom is -0.497 e. The average Bonchev–Trinajstić information content (AvgIpc) is 2.18. The number of hydrazine groups is 1. The number of ether oxygens (including phenoxy) is 1. The van der Waals surface area contributed by atoms with Crippen LogP contribution in [-0.4, -0.2) is 15.5 Å². The maximum atomic E-state index is 11.1. The van der Waals surface area contributed by atoms with Gasteiger partial charge in [0.25, 0.3) is 10.0 Å². The van der Waals surface area contributed by atoms with Crippen LogP contribution in [-0.2, 0) is 10.0 Å². The first kappa shape index (κ1) is 9.97. The van der Waals surface area contributed by atoms with Crippen molar-refractivity contribution < 1.29 is 13.2 Å². The largest absolute Gasteiger partial charge is 0.497 e. The van der Waals surface area contributed by atoms with Crippen LogP contribution in [0, 0.1) is 0 Å². The number of hydrogen-bond donors (Lipinski definition) is 2. The van der Waals surface area contributed by atoms with Crippen molar-refractivity contribution >= 4 is 10.0 Å². The Bertz CT molecular complexity index is 371. The number of hydrogen-bond acceptors (Lipinski definition) is 4. The van der Waals surface area contributed by atoms with Crippen LogP contribution in [0.15, 0.2) is 29.2 Å². The molecular formula is C7H10N2O3S. The Balaban J connectivity index is 3.06. The summed E-state index contributed by atoms with van der Waals surface area (Å²) < 4.78 is 27.1. The molecule has 0 aliphatic carbocycles. The Hall–Kier alpha value is -1.11. The Morgan fingerprint density at radius 2 is 1.85 bits per heavy atom. The van der Waals surface area contributed by atoms with E-state index in [0.29, 0.717) is 5.75 Å². The maximum Gasteiger partial charge on any atom is 0.253 e. The Labute approximate surface area is 76.5 Å². The van der Waals surface area contributed by atoms with Crippen molar-refractivity contribution in [3.8, 4) is 5.75 Å². The first-order valence-electron chi connectivity index (χ1n) is 3.46. The van der Waals surface area contributed by atoms with E-state index >= 15 is 0 Å². The van der Waals surface area contributed by atoms with Crippen LogP contribution in [0.2, 0.25) is 0 Å². The molecule has 6 heteroatoms. The second-order valence-corrected chi connectivity index (χ2v) is 4.01. The Kier molecular flexibility index (Phi) is 2.86. The predicted octanol–water partition coefficient (Wildman–Crippen LogP) is -0.153. The van der Waals surface area contributed by atoms with E-state index in [9.17, 15) is 8.42 Å². The summed E-state index contributed by atoms with van der Waals surface area (Å²) in [4.78, 5) is 1.83. The van der Waals surface area contributed by atoms with Crippen LogP contribution in [0.1, 0.15) is 0 Å². The number of methoxy groups -OCH3 is 1. The molecular weight excluding hydrogens is 192 g/mol. The summed E-state index contributed by atoms with van der Waals surface area (Å²) in [5.41, 5.74) is 0. The van der Waals surface area contributed by atoms with Crippen LogP contribution >= 0.6 is 0 Å². The van der Waals surface area contributed by atoms with Gasteiger partial charge in [-0.15, -0.1) is 0 Å². The number of rotatable bonds is 3. The zero-order valence-corrected chi connectivity index (χ0v) is 7.84. The van der Waals surface area contributed by atoms with Crippen molar-refractivity contribution in [2.75, 3.05) is 7.11 Å². The van der Waals surface area contributed by atoms with Gasteiger partial charge in [0, 0.05) is 0 Å². The third-order valence-electron chi connectivity index (χ3n) is 1.52. The van der Waals surface area contributed by atoms with E-state index in [4.69, 9.17) is 10.6 Å². The molecule has 1 aromatic rings. The summed E-state index contributed by atoms with van der Waals surface area (Å²) in [5.74, 6) is 5.43. The third-order valence-corrected chi connectivity index (χ3v) is 2.73. The van der Waals surface area contributed by atoms with Gasteiger partial charge >= 0.3 is 0 Å². The molecule has 0 bridgehead atoms. The predicted molar refractivity (Wildman–Crippen MR) is 47.5 cm³/mol. The van der Waals surface area contributed by atoms with Crippen LogP contribution in [0.5, 0.6) is 5.75 Å². The van der Waals surface area contributed by atoms with E-state index < -0.39 is 10.0 Å². The van der Waals surface area contributed by atoms with E-state index in [1.165, 1.54) is 19.2 Å². The van der Waals surface area contributed by atoms with Crippen molar-refractivity contribution in [3.05, 3.63) is 24.3 Å². The second-order valence-electron chi connectivity index (χ2n) is 2.30. The SMILES string of the molecule is COc1ccc(S(=O)(=O)NN)cc1. The molecule has 1 rings (SSSR count). The van der Waals surface area contributed by atoms with Gasteiger partial charge in [-0.1, -0.05) is 0 Å². The molecule has 1 aromatic carbocycles. The summed E-state index contributed by atoms with van der Waals surface area (Å²) in [5, 5.41) is 0. The van der Waals surface area contributed by atoms with Crippen molar-refractivity contribution in [3.63, 3.8) is 0 Å². The zero-order chi connectivity index (χ0) is 9.90. The van der Waals surface area contributed by atoms with Crippen LogP contribution in [0.3, 0.4) is 0 Å². The number of sulfonamides is 1. The van der Waals surface area contributed by atoms with Gasteiger partial charge in [0.1, 0.15) is 5.75 Å². The standard InChI is InChI=1S/C7H10N2O3S/c1-12-6-2-4-7(5-3-6)13(10,11)9-8/h2-5,9H,8H2,1H3. The topological polar surface area (TPSA) is 81.4 Å². The number of nitrogens with one attached hydrogen (secondary N) is 1. The molecule has 0 amide bonds. The first-order valence-corrected chi connectivity index (χ1v) is 4.95. The second kappa shape index (κ2) is 3.73. The Morgan fingerprint density at radius 3 is 2.23 bits per heavy atom. The highest BCUT2D eigenvalue weighted by atomic mass is 32.2. The Morgan fingerprint density at radius 1 is 1.31 bits per heavy atom. The quantitative estimate of drug-likeness (QED) is 0.527. The van der Waals surface area contributed by atoms with Gasteiger partial charge in [-0.05, 0) is 24.3 Å². The lowest BCUT2D eigenvalue weighted by molar-refractivity contribution is 0.414. The van der Waals surface area contributed by atoms with Crippen molar-refractivity contribution in [2.24, 2.45) is 5.84 Å². The smallest absolute Gasteiger partial charge is 0.253 e. The fraction of sp³-hybridized carbons (Fsp3) is 0.143. The molecule has 0 aromatic heterocycles. The van der Waals surface area contributed by atoms with E-state index in [-0.39, 0.29) is 4.90 Å². The van der Waals surface area contributed by atoms with Gasteiger partial charge < -0.3 is 4.74 Å². The molecule has 3 N–H and O–H groups in total. The molecule has 72 valence electrons. The molecule has 0 saturated heterocycles. The molecule has 0 radical (unpaired) electrons. The number of nitrogens with two attached hydrogens (primary N) is 1. The summed E-state index contributed by atoms with van der Waals surface area (Å²) in [6.07, 6.45) is 0. The molecule has 0 spiro atoms. The molecule has 0 fully saturated rings. The highest BCUT2D eigenvalue weighted by molar-refractivity contribution is 7.89. The lowest BCUT2D eigenvalue weighted by Crippen LogP contribution is -2.30. The minimum absolute atomic E-state index is 0.107. The van der Waals surface area contributed by atoms with Gasteiger partial charge in [0.15, 0.2) is 0 Å². The lowest BCUT2D eigenvalue weighted by Gasteiger charge is -2.02. The average molecular weight is 202 g/mol. The summed E-state index contributed by atoms with van der Waals surface area (Å²) >= 11 is 0. The van der Waals surface area contributed by atoms with Gasteiger partial charge in [-0.25, -0.2) is 8.42 Å². The normalized spacial score (nSPS) is 11.2. The summed E-state index contributed by atoms with van der Waals surface area (Å²) in [6, 6.07) is 5.91. The van der Waals surface area contributed by atoms with Gasteiger partial charge in [0.2, 0.25) is 0 Å². The third kappa shape index (κ3) is 2.18. The van der Waals surface area contributed by atoms with E-state index in [1.807, 2.05) is 0 Å². The van der Waals surface area contributed by atoms with Crippen molar-refractivity contribution in [1.82, 2.24) is 4.83 Å². The van der Waals surface area contributed by atoms with Crippen LogP contribution in [0.4, 0.5) is 0 Å². The molecule has 13 heavy (non-hydrogen) atoms. The van der Waals surface area contributed by atoms with Crippen molar-refractivity contribution in [1.29, 1.82) is 0 Å². The van der Waals surface area contributed by atoms with Gasteiger partial charge in [-0.2, -0.15) is 4.83 Å². The van der Waals surface area contributed by atoms with Crippen molar-refractivity contribution in [2.45, 2.75) is 4.90 Å². The highest BCUT2D eigenvalue weighted by Crippen LogP contribution is 2.14. The van der Waals surface area contributed by atoms with Gasteiger partial charge in [0.05, 0.1) is 12.0 Å². The maximum absolute atomic E-state index is 11.1. The fourth-order valence-corrected chi connectivity index (χ4v) is 1.45. The first-order chi connectivity index (χ1) is 6.10. The molecule has 0 unspecified atom stereocenters. The fourth-order valence-electron chi connectivity index (χ4n) is 0.823. The highest BCUT2D eigenvalue weighted by Gasteiger charge is 2.10. The number of benzene rings is 1. The molecule has 5 nitrogen and oxygen atoms in total. The summed E-state index contributed by atoms with van der Waals surface area (Å²) in [7, 11) is -2.05. The molecule has 0 aliphatic heterocycles.